The zero-order valence-corrected chi connectivity index (χ0v) is 13.5. The van der Waals surface area contributed by atoms with Crippen molar-refractivity contribution in [3.63, 3.8) is 0 Å². The zero-order valence-electron chi connectivity index (χ0n) is 12.7. The monoisotopic (exact) mass is 295 g/mol. The predicted octanol–water partition coefficient (Wildman–Crippen LogP) is 3.58. The number of rotatable bonds is 6. The van der Waals surface area contributed by atoms with E-state index in [0.29, 0.717) is 17.4 Å². The summed E-state index contributed by atoms with van der Waals surface area (Å²) in [6.07, 6.45) is 4.28. The summed E-state index contributed by atoms with van der Waals surface area (Å²) in [6, 6.07) is 7.36. The SMILES string of the molecule is Cc1ccc(S(=O)(=O)N2CC[C@H]2CCCC(C)C)cc1. The van der Waals surface area contributed by atoms with Crippen molar-refractivity contribution < 1.29 is 8.42 Å². The smallest absolute Gasteiger partial charge is 0.207 e. The normalized spacial score (nSPS) is 20.1. The van der Waals surface area contributed by atoms with Crippen molar-refractivity contribution in [2.45, 2.75) is 57.4 Å². The lowest BCUT2D eigenvalue weighted by atomic mass is 9.97. The van der Waals surface area contributed by atoms with Gasteiger partial charge in [-0.2, -0.15) is 4.31 Å². The number of sulfonamides is 1. The Balaban J connectivity index is 2.01. The van der Waals surface area contributed by atoms with Crippen LogP contribution in [0.5, 0.6) is 0 Å². The van der Waals surface area contributed by atoms with Gasteiger partial charge in [-0.15, -0.1) is 0 Å². The van der Waals surface area contributed by atoms with Crippen LogP contribution in [-0.4, -0.2) is 25.3 Å². The van der Waals surface area contributed by atoms with E-state index in [0.717, 1.165) is 24.8 Å². The van der Waals surface area contributed by atoms with Crippen LogP contribution in [0.25, 0.3) is 0 Å². The van der Waals surface area contributed by atoms with Crippen molar-refractivity contribution in [2.75, 3.05) is 6.54 Å². The van der Waals surface area contributed by atoms with Gasteiger partial charge in [0.2, 0.25) is 10.0 Å². The lowest BCUT2D eigenvalue weighted by Crippen LogP contribution is -2.50. The second-order valence-electron chi connectivity index (χ2n) is 6.20. The van der Waals surface area contributed by atoms with E-state index >= 15 is 0 Å². The number of aryl methyl sites for hydroxylation is 1. The van der Waals surface area contributed by atoms with Crippen molar-refractivity contribution in [1.29, 1.82) is 0 Å². The highest BCUT2D eigenvalue weighted by atomic mass is 32.2. The molecule has 1 aromatic carbocycles. The van der Waals surface area contributed by atoms with E-state index in [1.807, 2.05) is 19.1 Å². The lowest BCUT2D eigenvalue weighted by Gasteiger charge is -2.40. The lowest BCUT2D eigenvalue weighted by molar-refractivity contribution is 0.183. The van der Waals surface area contributed by atoms with Gasteiger partial charge in [0.25, 0.3) is 0 Å². The molecule has 1 heterocycles. The summed E-state index contributed by atoms with van der Waals surface area (Å²) < 4.78 is 26.8. The highest BCUT2D eigenvalue weighted by molar-refractivity contribution is 7.89. The van der Waals surface area contributed by atoms with Crippen LogP contribution in [-0.2, 0) is 10.0 Å². The Kier molecular flexibility index (Phi) is 4.86. The number of hydrogen-bond acceptors (Lipinski definition) is 2. The van der Waals surface area contributed by atoms with E-state index in [-0.39, 0.29) is 6.04 Å². The molecule has 0 amide bonds. The molecule has 4 heteroatoms. The highest BCUT2D eigenvalue weighted by Gasteiger charge is 2.37. The molecule has 2 rings (SSSR count). The van der Waals surface area contributed by atoms with Gasteiger partial charge in [-0.05, 0) is 37.8 Å². The molecule has 112 valence electrons. The molecule has 0 aromatic heterocycles. The van der Waals surface area contributed by atoms with Crippen molar-refractivity contribution in [3.8, 4) is 0 Å². The standard InChI is InChI=1S/C16H25NO2S/c1-13(2)5-4-6-15-11-12-17(15)20(18,19)16-9-7-14(3)8-10-16/h7-10,13,15H,4-6,11-12H2,1-3H3/t15-/m1/s1. The maximum absolute atomic E-state index is 12.6. The molecule has 0 bridgehead atoms. The topological polar surface area (TPSA) is 37.4 Å². The molecule has 1 saturated heterocycles. The molecule has 1 aliphatic heterocycles. The van der Waals surface area contributed by atoms with E-state index in [4.69, 9.17) is 0 Å². The third-order valence-electron chi connectivity index (χ3n) is 4.04. The minimum atomic E-state index is -3.29. The van der Waals surface area contributed by atoms with E-state index in [2.05, 4.69) is 13.8 Å². The van der Waals surface area contributed by atoms with Crippen LogP contribution in [0, 0.1) is 12.8 Å². The minimum absolute atomic E-state index is 0.208. The fraction of sp³-hybridized carbons (Fsp3) is 0.625. The summed E-state index contributed by atoms with van der Waals surface area (Å²) in [5.74, 6) is 0.692. The zero-order chi connectivity index (χ0) is 14.8. The van der Waals surface area contributed by atoms with E-state index in [1.54, 1.807) is 16.4 Å². The van der Waals surface area contributed by atoms with Crippen LogP contribution in [0.2, 0.25) is 0 Å². The molecule has 0 saturated carbocycles. The minimum Gasteiger partial charge on any atom is -0.207 e. The van der Waals surface area contributed by atoms with Crippen LogP contribution in [0.4, 0.5) is 0 Å². The molecule has 0 radical (unpaired) electrons. The van der Waals surface area contributed by atoms with Gasteiger partial charge in [-0.1, -0.05) is 44.4 Å². The van der Waals surface area contributed by atoms with Crippen LogP contribution in [0.15, 0.2) is 29.2 Å². The average molecular weight is 295 g/mol. The first kappa shape index (κ1) is 15.5. The molecule has 3 nitrogen and oxygen atoms in total. The Bertz CT molecular complexity index is 534. The summed E-state index contributed by atoms with van der Waals surface area (Å²) in [5.41, 5.74) is 1.08. The third-order valence-corrected chi connectivity index (χ3v) is 6.00. The van der Waals surface area contributed by atoms with Gasteiger partial charge in [0.1, 0.15) is 0 Å². The first-order valence-corrected chi connectivity index (χ1v) is 8.94. The molecule has 0 unspecified atom stereocenters. The highest BCUT2D eigenvalue weighted by Crippen LogP contribution is 2.30. The van der Waals surface area contributed by atoms with Gasteiger partial charge in [-0.3, -0.25) is 0 Å². The molecule has 0 spiro atoms. The first-order valence-electron chi connectivity index (χ1n) is 7.50. The van der Waals surface area contributed by atoms with Gasteiger partial charge >= 0.3 is 0 Å². The van der Waals surface area contributed by atoms with E-state index in [1.165, 1.54) is 6.42 Å². The summed E-state index contributed by atoms with van der Waals surface area (Å²) in [4.78, 5) is 0.427. The van der Waals surface area contributed by atoms with Gasteiger partial charge < -0.3 is 0 Å². The fourth-order valence-electron chi connectivity index (χ4n) is 2.63. The number of benzene rings is 1. The summed E-state index contributed by atoms with van der Waals surface area (Å²) >= 11 is 0. The van der Waals surface area contributed by atoms with E-state index in [9.17, 15) is 8.42 Å². The maximum atomic E-state index is 12.6. The largest absolute Gasteiger partial charge is 0.243 e. The van der Waals surface area contributed by atoms with Crippen molar-refractivity contribution in [2.24, 2.45) is 5.92 Å². The van der Waals surface area contributed by atoms with Crippen LogP contribution in [0.1, 0.15) is 45.1 Å². The third kappa shape index (κ3) is 3.41. The Hall–Kier alpha value is -0.870. The van der Waals surface area contributed by atoms with Crippen LogP contribution in [0.3, 0.4) is 0 Å². The fourth-order valence-corrected chi connectivity index (χ4v) is 4.33. The second kappa shape index (κ2) is 6.27. The van der Waals surface area contributed by atoms with Crippen molar-refractivity contribution in [3.05, 3.63) is 29.8 Å². The first-order chi connectivity index (χ1) is 9.41. The quantitative estimate of drug-likeness (QED) is 0.804. The molecular formula is C16H25NO2S. The molecule has 1 atom stereocenters. The van der Waals surface area contributed by atoms with Gasteiger partial charge in [0, 0.05) is 12.6 Å². The Labute approximate surface area is 123 Å². The Morgan fingerprint density at radius 1 is 1.25 bits per heavy atom. The maximum Gasteiger partial charge on any atom is 0.243 e. The van der Waals surface area contributed by atoms with Gasteiger partial charge in [0.15, 0.2) is 0 Å². The van der Waals surface area contributed by atoms with Gasteiger partial charge in [-0.25, -0.2) is 8.42 Å². The molecule has 1 fully saturated rings. The molecule has 0 N–H and O–H groups in total. The molecule has 20 heavy (non-hydrogen) atoms. The average Bonchev–Trinajstić information content (AvgIpc) is 2.33. The summed E-state index contributed by atoms with van der Waals surface area (Å²) in [6.45, 7) is 7.06. The second-order valence-corrected chi connectivity index (χ2v) is 8.09. The molecule has 1 aromatic rings. The van der Waals surface area contributed by atoms with Crippen LogP contribution >= 0.6 is 0 Å². The molecule has 0 aliphatic carbocycles. The Morgan fingerprint density at radius 2 is 1.90 bits per heavy atom. The summed E-state index contributed by atoms with van der Waals surface area (Å²) in [7, 11) is -3.29. The Morgan fingerprint density at radius 3 is 2.40 bits per heavy atom. The predicted molar refractivity (Wildman–Crippen MR) is 82.2 cm³/mol. The van der Waals surface area contributed by atoms with Crippen LogP contribution < -0.4 is 0 Å². The summed E-state index contributed by atoms with van der Waals surface area (Å²) in [5, 5.41) is 0. The molecular weight excluding hydrogens is 270 g/mol. The number of hydrogen-bond donors (Lipinski definition) is 0. The van der Waals surface area contributed by atoms with Crippen molar-refractivity contribution >= 4 is 10.0 Å². The van der Waals surface area contributed by atoms with Crippen molar-refractivity contribution in [1.82, 2.24) is 4.31 Å². The number of nitrogens with zero attached hydrogens (tertiary/aromatic N) is 1. The molecule has 1 aliphatic rings. The van der Waals surface area contributed by atoms with Gasteiger partial charge in [0.05, 0.1) is 4.90 Å². The van der Waals surface area contributed by atoms with E-state index < -0.39 is 10.0 Å².